The predicted octanol–water partition coefficient (Wildman–Crippen LogP) is 3.67. The zero-order valence-electron chi connectivity index (χ0n) is 15.1. The topological polar surface area (TPSA) is 82.4 Å². The van der Waals surface area contributed by atoms with Crippen LogP contribution in [0.4, 0.5) is 10.5 Å². The van der Waals surface area contributed by atoms with Crippen molar-refractivity contribution in [2.24, 2.45) is 0 Å². The lowest BCUT2D eigenvalue weighted by molar-refractivity contribution is -0.139. The summed E-state index contributed by atoms with van der Waals surface area (Å²) in [6.07, 6.45) is 0. The smallest absolute Gasteiger partial charge is 0.338 e. The molecule has 0 saturated carbocycles. The number of anilines is 1. The van der Waals surface area contributed by atoms with E-state index in [1.54, 1.807) is 50.2 Å². The van der Waals surface area contributed by atoms with Crippen LogP contribution in [-0.4, -0.2) is 18.6 Å². The first-order valence-corrected chi connectivity index (χ1v) is 8.60. The van der Waals surface area contributed by atoms with Gasteiger partial charge in [0.05, 0.1) is 35.5 Å². The lowest BCUT2D eigenvalue weighted by atomic mass is 9.94. The first-order valence-electron chi connectivity index (χ1n) is 8.60. The highest BCUT2D eigenvalue weighted by molar-refractivity contribution is 6.03. The number of urea groups is 1. The Morgan fingerprint density at radius 3 is 2.44 bits per heavy atom. The standard InChI is InChI=1S/C21H19N3O3/c1-3-27-20(25)18-14(2)24(17-7-5-4-6-8-17)21(26)23-19(18)16-11-9-15(13-22)10-12-16/h4-12,19H,3H2,1-2H3,(H,23,26)/t19-/m1/s1. The summed E-state index contributed by atoms with van der Waals surface area (Å²) in [6, 6.07) is 17.0. The highest BCUT2D eigenvalue weighted by Gasteiger charge is 2.37. The summed E-state index contributed by atoms with van der Waals surface area (Å²) in [6.45, 7) is 3.70. The molecule has 0 unspecified atom stereocenters. The zero-order valence-corrected chi connectivity index (χ0v) is 15.1. The van der Waals surface area contributed by atoms with Crippen LogP contribution in [0.5, 0.6) is 0 Å². The van der Waals surface area contributed by atoms with E-state index < -0.39 is 12.0 Å². The van der Waals surface area contributed by atoms with Gasteiger partial charge in [0.15, 0.2) is 0 Å². The molecule has 2 aromatic carbocycles. The van der Waals surface area contributed by atoms with Gasteiger partial charge >= 0.3 is 12.0 Å². The number of ether oxygens (including phenoxy) is 1. The fraction of sp³-hybridized carbons (Fsp3) is 0.190. The number of para-hydroxylation sites is 1. The summed E-state index contributed by atoms with van der Waals surface area (Å²) < 4.78 is 5.24. The number of nitriles is 1. The lowest BCUT2D eigenvalue weighted by Crippen LogP contribution is -2.48. The Bertz CT molecular complexity index is 927. The van der Waals surface area contributed by atoms with Crippen molar-refractivity contribution in [3.63, 3.8) is 0 Å². The van der Waals surface area contributed by atoms with Gasteiger partial charge in [-0.2, -0.15) is 5.26 Å². The van der Waals surface area contributed by atoms with E-state index in [4.69, 9.17) is 10.00 Å². The van der Waals surface area contributed by atoms with Crippen LogP contribution in [0.25, 0.3) is 0 Å². The number of hydrogen-bond donors (Lipinski definition) is 1. The van der Waals surface area contributed by atoms with Crippen molar-refractivity contribution < 1.29 is 14.3 Å². The van der Waals surface area contributed by atoms with Gasteiger partial charge in [0.25, 0.3) is 0 Å². The molecule has 2 amide bonds. The molecule has 1 N–H and O–H groups in total. The molecule has 1 atom stereocenters. The van der Waals surface area contributed by atoms with Gasteiger partial charge < -0.3 is 10.1 Å². The third-order valence-corrected chi connectivity index (χ3v) is 4.37. The van der Waals surface area contributed by atoms with E-state index in [-0.39, 0.29) is 12.6 Å². The second kappa shape index (κ2) is 7.75. The minimum atomic E-state index is -0.649. The Morgan fingerprint density at radius 1 is 1.19 bits per heavy atom. The molecule has 3 rings (SSSR count). The number of benzene rings is 2. The van der Waals surface area contributed by atoms with Gasteiger partial charge in [-0.15, -0.1) is 0 Å². The van der Waals surface area contributed by atoms with Crippen LogP contribution in [-0.2, 0) is 9.53 Å². The van der Waals surface area contributed by atoms with Crippen LogP contribution < -0.4 is 10.2 Å². The van der Waals surface area contributed by atoms with Crippen molar-refractivity contribution >= 4 is 17.7 Å². The second-order valence-corrected chi connectivity index (χ2v) is 6.01. The Kier molecular flexibility index (Phi) is 5.23. The molecular weight excluding hydrogens is 342 g/mol. The zero-order chi connectivity index (χ0) is 19.4. The van der Waals surface area contributed by atoms with Crippen molar-refractivity contribution in [1.82, 2.24) is 5.32 Å². The van der Waals surface area contributed by atoms with Gasteiger partial charge in [-0.1, -0.05) is 30.3 Å². The lowest BCUT2D eigenvalue weighted by Gasteiger charge is -2.35. The number of amides is 2. The second-order valence-electron chi connectivity index (χ2n) is 6.01. The average Bonchev–Trinajstić information content (AvgIpc) is 2.68. The summed E-state index contributed by atoms with van der Waals surface area (Å²) >= 11 is 0. The normalized spacial score (nSPS) is 16.6. The van der Waals surface area contributed by atoms with Gasteiger partial charge in [0.1, 0.15) is 0 Å². The van der Waals surface area contributed by atoms with E-state index in [1.165, 1.54) is 4.90 Å². The molecular formula is C21H19N3O3. The number of esters is 1. The molecule has 6 heteroatoms. The van der Waals surface area contributed by atoms with Crippen molar-refractivity contribution in [2.75, 3.05) is 11.5 Å². The Morgan fingerprint density at radius 2 is 1.85 bits per heavy atom. The van der Waals surface area contributed by atoms with Crippen LogP contribution in [0.2, 0.25) is 0 Å². The monoisotopic (exact) mass is 361 g/mol. The highest BCUT2D eigenvalue weighted by atomic mass is 16.5. The minimum Gasteiger partial charge on any atom is -0.463 e. The molecule has 0 saturated heterocycles. The Balaban J connectivity index is 2.11. The maximum absolute atomic E-state index is 12.8. The molecule has 0 aromatic heterocycles. The fourth-order valence-electron chi connectivity index (χ4n) is 3.10. The van der Waals surface area contributed by atoms with Gasteiger partial charge in [-0.3, -0.25) is 4.90 Å². The summed E-state index contributed by atoms with van der Waals surface area (Å²) in [4.78, 5) is 27.0. The number of hydrogen-bond acceptors (Lipinski definition) is 4. The number of carbonyl (C=O) groups excluding carboxylic acids is 2. The summed E-state index contributed by atoms with van der Waals surface area (Å²) in [5, 5.41) is 11.9. The average molecular weight is 361 g/mol. The van der Waals surface area contributed by atoms with Gasteiger partial charge in [0.2, 0.25) is 0 Å². The molecule has 136 valence electrons. The number of allylic oxidation sites excluding steroid dienone is 1. The fourth-order valence-corrected chi connectivity index (χ4v) is 3.10. The van der Waals surface area contributed by atoms with Crippen LogP contribution in [0.1, 0.15) is 31.0 Å². The highest BCUT2D eigenvalue weighted by Crippen LogP contribution is 2.34. The van der Waals surface area contributed by atoms with Crippen molar-refractivity contribution in [3.8, 4) is 6.07 Å². The third-order valence-electron chi connectivity index (χ3n) is 4.37. The van der Waals surface area contributed by atoms with Crippen LogP contribution >= 0.6 is 0 Å². The SMILES string of the molecule is CCOC(=O)C1=C(C)N(c2ccccc2)C(=O)N[C@@H]1c1ccc(C#N)cc1. The van der Waals surface area contributed by atoms with E-state index in [1.807, 2.05) is 18.2 Å². The van der Waals surface area contributed by atoms with E-state index in [0.29, 0.717) is 28.1 Å². The Hall–Kier alpha value is -3.59. The molecule has 0 aliphatic carbocycles. The summed E-state index contributed by atoms with van der Waals surface area (Å²) in [5.41, 5.74) is 2.75. The third kappa shape index (κ3) is 3.53. The molecule has 0 radical (unpaired) electrons. The van der Waals surface area contributed by atoms with Crippen molar-refractivity contribution in [1.29, 1.82) is 5.26 Å². The van der Waals surface area contributed by atoms with Gasteiger partial charge in [-0.25, -0.2) is 9.59 Å². The number of carbonyl (C=O) groups is 2. The molecule has 0 bridgehead atoms. The molecule has 2 aromatic rings. The molecule has 1 heterocycles. The molecule has 1 aliphatic heterocycles. The number of rotatable bonds is 4. The van der Waals surface area contributed by atoms with Crippen molar-refractivity contribution in [3.05, 3.63) is 77.0 Å². The van der Waals surface area contributed by atoms with Crippen LogP contribution in [0, 0.1) is 11.3 Å². The van der Waals surface area contributed by atoms with E-state index >= 15 is 0 Å². The molecule has 1 aliphatic rings. The summed E-state index contributed by atoms with van der Waals surface area (Å²) in [7, 11) is 0. The Labute approximate surface area is 157 Å². The minimum absolute atomic E-state index is 0.231. The van der Waals surface area contributed by atoms with Gasteiger partial charge in [-0.05, 0) is 43.7 Å². The van der Waals surface area contributed by atoms with Gasteiger partial charge in [0, 0.05) is 5.70 Å². The largest absolute Gasteiger partial charge is 0.463 e. The quantitative estimate of drug-likeness (QED) is 0.843. The first kappa shape index (κ1) is 18.2. The van der Waals surface area contributed by atoms with Crippen LogP contribution in [0.3, 0.4) is 0 Å². The van der Waals surface area contributed by atoms with E-state index in [9.17, 15) is 9.59 Å². The van der Waals surface area contributed by atoms with E-state index in [0.717, 1.165) is 0 Å². The van der Waals surface area contributed by atoms with Crippen LogP contribution in [0.15, 0.2) is 65.9 Å². The number of nitrogens with one attached hydrogen (secondary N) is 1. The number of nitrogens with zero attached hydrogens (tertiary/aromatic N) is 2. The molecule has 0 spiro atoms. The summed E-state index contributed by atoms with van der Waals surface area (Å²) in [5.74, 6) is -0.481. The maximum atomic E-state index is 12.8. The maximum Gasteiger partial charge on any atom is 0.338 e. The molecule has 27 heavy (non-hydrogen) atoms. The predicted molar refractivity (Wildman–Crippen MR) is 101 cm³/mol. The molecule has 6 nitrogen and oxygen atoms in total. The van der Waals surface area contributed by atoms with Crippen molar-refractivity contribution in [2.45, 2.75) is 19.9 Å². The van der Waals surface area contributed by atoms with E-state index in [2.05, 4.69) is 11.4 Å². The molecule has 0 fully saturated rings. The first-order chi connectivity index (χ1) is 13.1.